The van der Waals surface area contributed by atoms with Gasteiger partial charge in [0.05, 0.1) is 9.21 Å². The minimum Gasteiger partial charge on any atom is -0.281 e. The highest BCUT2D eigenvalue weighted by molar-refractivity contribution is 7.71. The predicted octanol–water partition coefficient (Wildman–Crippen LogP) is 2.85. The molecular weight excluding hydrogens is 214 g/mol. The zero-order chi connectivity index (χ0) is 8.55. The molecule has 0 fully saturated rings. The molecule has 0 saturated heterocycles. The average molecular weight is 218 g/mol. The van der Waals surface area contributed by atoms with Crippen LogP contribution in [0.15, 0.2) is 12.1 Å². The molecule has 0 bridgehead atoms. The van der Waals surface area contributed by atoms with Gasteiger partial charge < -0.3 is 0 Å². The largest absolute Gasteiger partial charge is 0.281 e. The molecule has 0 unspecified atom stereocenters. The van der Waals surface area contributed by atoms with Gasteiger partial charge in [-0.1, -0.05) is 11.6 Å². The fourth-order valence-corrected chi connectivity index (χ4v) is 1.96. The highest BCUT2D eigenvalue weighted by Gasteiger charge is 2.03. The molecule has 2 rings (SSSR count). The van der Waals surface area contributed by atoms with E-state index in [2.05, 4.69) is 15.2 Å². The summed E-state index contributed by atoms with van der Waals surface area (Å²) in [6.07, 6.45) is 0. The summed E-state index contributed by atoms with van der Waals surface area (Å²) in [6, 6.07) is 3.72. The molecule has 2 aromatic rings. The van der Waals surface area contributed by atoms with E-state index in [0.717, 1.165) is 15.0 Å². The average Bonchev–Trinajstić information content (AvgIpc) is 2.58. The Morgan fingerprint density at radius 2 is 2.25 bits per heavy atom. The Labute approximate surface area is 82.4 Å². The quantitative estimate of drug-likeness (QED) is 0.722. The molecule has 2 heterocycles. The zero-order valence-corrected chi connectivity index (χ0v) is 8.19. The van der Waals surface area contributed by atoms with Crippen molar-refractivity contribution in [2.24, 2.45) is 0 Å². The molecular formula is C6H4ClN3S2. The molecule has 12 heavy (non-hydrogen) atoms. The molecule has 0 aliphatic heterocycles. The first-order valence-corrected chi connectivity index (χ1v) is 4.76. The van der Waals surface area contributed by atoms with Crippen LogP contribution in [0, 0.1) is 4.77 Å². The van der Waals surface area contributed by atoms with Crippen LogP contribution in [0.4, 0.5) is 0 Å². The van der Waals surface area contributed by atoms with Crippen molar-refractivity contribution in [2.75, 3.05) is 0 Å². The topological polar surface area (TPSA) is 44.5 Å². The van der Waals surface area contributed by atoms with Crippen LogP contribution in [0.1, 0.15) is 0 Å². The van der Waals surface area contributed by atoms with Crippen LogP contribution in [0.2, 0.25) is 4.34 Å². The lowest BCUT2D eigenvalue weighted by atomic mass is 10.4. The maximum atomic E-state index is 5.76. The van der Waals surface area contributed by atoms with Gasteiger partial charge in [0, 0.05) is 0 Å². The molecule has 62 valence electrons. The molecule has 3 nitrogen and oxygen atoms in total. The van der Waals surface area contributed by atoms with Gasteiger partial charge in [-0.05, 0) is 24.4 Å². The summed E-state index contributed by atoms with van der Waals surface area (Å²) in [6.45, 7) is 0. The molecule has 2 N–H and O–H groups in total. The first-order chi connectivity index (χ1) is 5.75. The second-order valence-corrected chi connectivity index (χ2v) is 4.22. The molecule has 0 amide bonds. The van der Waals surface area contributed by atoms with Crippen molar-refractivity contribution in [3.63, 3.8) is 0 Å². The maximum absolute atomic E-state index is 5.76. The van der Waals surface area contributed by atoms with Gasteiger partial charge in [0.25, 0.3) is 0 Å². The third-order valence-electron chi connectivity index (χ3n) is 1.31. The van der Waals surface area contributed by atoms with Crippen LogP contribution >= 0.6 is 35.2 Å². The monoisotopic (exact) mass is 217 g/mol. The van der Waals surface area contributed by atoms with Crippen molar-refractivity contribution < 1.29 is 0 Å². The molecule has 0 aliphatic rings. The number of H-pyrrole nitrogens is 2. The van der Waals surface area contributed by atoms with Gasteiger partial charge in [-0.2, -0.15) is 4.98 Å². The van der Waals surface area contributed by atoms with Crippen LogP contribution in [-0.4, -0.2) is 15.2 Å². The van der Waals surface area contributed by atoms with Crippen molar-refractivity contribution >= 4 is 35.2 Å². The van der Waals surface area contributed by atoms with E-state index in [1.54, 1.807) is 0 Å². The Hall–Kier alpha value is -0.650. The summed E-state index contributed by atoms with van der Waals surface area (Å²) in [5.74, 6) is 0.733. The van der Waals surface area contributed by atoms with Gasteiger partial charge in [0.1, 0.15) is 0 Å². The summed E-state index contributed by atoms with van der Waals surface area (Å²) in [5.41, 5.74) is 0. The Morgan fingerprint density at radius 1 is 1.42 bits per heavy atom. The van der Waals surface area contributed by atoms with Crippen molar-refractivity contribution in [3.8, 4) is 10.7 Å². The summed E-state index contributed by atoms with van der Waals surface area (Å²) < 4.78 is 1.20. The third-order valence-corrected chi connectivity index (χ3v) is 2.74. The van der Waals surface area contributed by atoms with E-state index in [1.807, 2.05) is 12.1 Å². The predicted molar refractivity (Wildman–Crippen MR) is 52.1 cm³/mol. The smallest absolute Gasteiger partial charge is 0.213 e. The second kappa shape index (κ2) is 3.01. The summed E-state index contributed by atoms with van der Waals surface area (Å²) >= 11 is 12.0. The lowest BCUT2D eigenvalue weighted by Gasteiger charge is -1.84. The number of hydrogen-bond donors (Lipinski definition) is 2. The normalized spacial score (nSPS) is 10.4. The van der Waals surface area contributed by atoms with Crippen LogP contribution in [0.3, 0.4) is 0 Å². The van der Waals surface area contributed by atoms with Crippen molar-refractivity contribution in [2.45, 2.75) is 0 Å². The molecule has 0 aromatic carbocycles. The number of halogens is 1. The SMILES string of the molecule is S=c1nc(-c2ccc(Cl)s2)[nH][nH]1. The highest BCUT2D eigenvalue weighted by Crippen LogP contribution is 2.28. The molecule has 6 heteroatoms. The van der Waals surface area contributed by atoms with Crippen molar-refractivity contribution in [1.29, 1.82) is 0 Å². The Balaban J connectivity index is 2.50. The molecule has 0 aliphatic carbocycles. The molecule has 2 aromatic heterocycles. The van der Waals surface area contributed by atoms with E-state index in [9.17, 15) is 0 Å². The summed E-state index contributed by atoms with van der Waals surface area (Å²) in [4.78, 5) is 5.03. The highest BCUT2D eigenvalue weighted by atomic mass is 35.5. The molecule has 0 saturated carbocycles. The Kier molecular flexibility index (Phi) is 2.00. The van der Waals surface area contributed by atoms with Gasteiger partial charge in [0.2, 0.25) is 4.77 Å². The fraction of sp³-hybridized carbons (Fsp3) is 0. The first-order valence-electron chi connectivity index (χ1n) is 3.16. The number of thiophene rings is 1. The van der Waals surface area contributed by atoms with E-state index in [4.69, 9.17) is 23.8 Å². The number of aromatic amines is 2. The molecule has 0 atom stereocenters. The van der Waals surface area contributed by atoms with E-state index < -0.39 is 0 Å². The van der Waals surface area contributed by atoms with Crippen LogP contribution < -0.4 is 0 Å². The second-order valence-electron chi connectivity index (χ2n) is 2.12. The van der Waals surface area contributed by atoms with Gasteiger partial charge >= 0.3 is 0 Å². The van der Waals surface area contributed by atoms with Gasteiger partial charge in [-0.3, -0.25) is 10.2 Å². The third kappa shape index (κ3) is 1.43. The van der Waals surface area contributed by atoms with Gasteiger partial charge in [-0.25, -0.2) is 0 Å². The lowest BCUT2D eigenvalue weighted by Crippen LogP contribution is -1.72. The zero-order valence-electron chi connectivity index (χ0n) is 5.80. The minimum absolute atomic E-state index is 0.453. The van der Waals surface area contributed by atoms with Crippen LogP contribution in [-0.2, 0) is 0 Å². The van der Waals surface area contributed by atoms with Gasteiger partial charge in [0.15, 0.2) is 5.82 Å². The molecule has 0 radical (unpaired) electrons. The summed E-state index contributed by atoms with van der Waals surface area (Å²) in [5, 5.41) is 5.57. The van der Waals surface area contributed by atoms with E-state index >= 15 is 0 Å². The number of nitrogens with zero attached hydrogens (tertiary/aromatic N) is 1. The van der Waals surface area contributed by atoms with Crippen molar-refractivity contribution in [3.05, 3.63) is 21.2 Å². The van der Waals surface area contributed by atoms with E-state index in [-0.39, 0.29) is 0 Å². The molecule has 0 spiro atoms. The maximum Gasteiger partial charge on any atom is 0.213 e. The number of aromatic nitrogens is 3. The van der Waals surface area contributed by atoms with Crippen molar-refractivity contribution in [1.82, 2.24) is 15.2 Å². The number of hydrogen-bond acceptors (Lipinski definition) is 3. The Morgan fingerprint density at radius 3 is 2.75 bits per heavy atom. The number of nitrogens with one attached hydrogen (secondary N) is 2. The summed E-state index contributed by atoms with van der Waals surface area (Å²) in [7, 11) is 0. The van der Waals surface area contributed by atoms with E-state index in [0.29, 0.717) is 4.77 Å². The van der Waals surface area contributed by atoms with Crippen LogP contribution in [0.5, 0.6) is 0 Å². The van der Waals surface area contributed by atoms with Crippen LogP contribution in [0.25, 0.3) is 10.7 Å². The standard InChI is InChI=1S/C6H4ClN3S2/c7-4-2-1-3(12-4)5-8-6(11)10-9-5/h1-2H,(H2,8,9,10,11). The minimum atomic E-state index is 0.453. The van der Waals surface area contributed by atoms with Gasteiger partial charge in [-0.15, -0.1) is 11.3 Å². The Bertz CT molecular complexity index is 441. The fourth-order valence-electron chi connectivity index (χ4n) is 0.828. The lowest BCUT2D eigenvalue weighted by molar-refractivity contribution is 1.08. The first kappa shape index (κ1) is 7.97. The van der Waals surface area contributed by atoms with E-state index in [1.165, 1.54) is 11.3 Å². The number of rotatable bonds is 1.